The minimum atomic E-state index is -0.444. The number of hydrogen-bond acceptors (Lipinski definition) is 4. The third-order valence-electron chi connectivity index (χ3n) is 5.20. The van der Waals surface area contributed by atoms with Gasteiger partial charge < -0.3 is 19.4 Å². The van der Waals surface area contributed by atoms with Crippen molar-refractivity contribution in [1.29, 1.82) is 0 Å². The fourth-order valence-electron chi connectivity index (χ4n) is 3.43. The Morgan fingerprint density at radius 2 is 1.74 bits per heavy atom. The molecular weight excluding hydrogens is 390 g/mol. The highest BCUT2D eigenvalue weighted by Gasteiger charge is 2.25. The van der Waals surface area contributed by atoms with E-state index in [1.165, 1.54) is 0 Å². The molecule has 0 radical (unpaired) electrons. The van der Waals surface area contributed by atoms with Gasteiger partial charge in [0.2, 0.25) is 5.91 Å². The van der Waals surface area contributed by atoms with E-state index in [9.17, 15) is 4.79 Å². The van der Waals surface area contributed by atoms with Gasteiger partial charge >= 0.3 is 0 Å². The van der Waals surface area contributed by atoms with Gasteiger partial charge in [0.25, 0.3) is 0 Å². The standard InChI is InChI=1S/C25H33N3O3/c1-18(26-24(29)25(2,3)4)23-27-19-12-6-7-13-20(19)28(23)16-10-11-17-31-22-15-9-8-14-21(22)30-5/h6-9,12-15,18H,10-11,16-17H2,1-5H3,(H,26,29). The summed E-state index contributed by atoms with van der Waals surface area (Å²) in [5, 5.41) is 3.11. The molecule has 0 saturated heterocycles. The number of aryl methyl sites for hydroxylation is 1. The first-order valence-corrected chi connectivity index (χ1v) is 10.8. The number of hydrogen-bond donors (Lipinski definition) is 1. The van der Waals surface area contributed by atoms with E-state index in [-0.39, 0.29) is 11.9 Å². The van der Waals surface area contributed by atoms with Gasteiger partial charge in [0, 0.05) is 12.0 Å². The number of carbonyl (C=O) groups is 1. The van der Waals surface area contributed by atoms with Crippen LogP contribution in [0.5, 0.6) is 11.5 Å². The number of nitrogens with one attached hydrogen (secondary N) is 1. The first-order valence-electron chi connectivity index (χ1n) is 10.8. The normalized spacial score (nSPS) is 12.5. The van der Waals surface area contributed by atoms with E-state index in [0.717, 1.165) is 47.7 Å². The molecule has 3 rings (SSSR count). The molecule has 0 aliphatic carbocycles. The van der Waals surface area contributed by atoms with Crippen LogP contribution in [0.4, 0.5) is 0 Å². The number of para-hydroxylation sites is 4. The van der Waals surface area contributed by atoms with Gasteiger partial charge in [-0.05, 0) is 44.0 Å². The molecule has 6 heteroatoms. The third-order valence-corrected chi connectivity index (χ3v) is 5.20. The Morgan fingerprint density at radius 1 is 1.06 bits per heavy atom. The van der Waals surface area contributed by atoms with E-state index < -0.39 is 5.41 Å². The predicted molar refractivity (Wildman–Crippen MR) is 123 cm³/mol. The second-order valence-corrected chi connectivity index (χ2v) is 8.76. The molecule has 0 fully saturated rings. The smallest absolute Gasteiger partial charge is 0.225 e. The maximum atomic E-state index is 12.5. The number of methoxy groups -OCH3 is 1. The lowest BCUT2D eigenvalue weighted by Crippen LogP contribution is -2.37. The Balaban J connectivity index is 1.66. The number of rotatable bonds is 9. The minimum Gasteiger partial charge on any atom is -0.493 e. The number of carbonyl (C=O) groups excluding carboxylic acids is 1. The topological polar surface area (TPSA) is 65.4 Å². The van der Waals surface area contributed by atoms with Crippen LogP contribution in [-0.4, -0.2) is 29.2 Å². The van der Waals surface area contributed by atoms with Crippen molar-refractivity contribution >= 4 is 16.9 Å². The highest BCUT2D eigenvalue weighted by atomic mass is 16.5. The number of unbranched alkanes of at least 4 members (excludes halogenated alkanes) is 1. The largest absolute Gasteiger partial charge is 0.493 e. The van der Waals surface area contributed by atoms with Crippen molar-refractivity contribution < 1.29 is 14.3 Å². The highest BCUT2D eigenvalue weighted by Crippen LogP contribution is 2.26. The van der Waals surface area contributed by atoms with Crippen molar-refractivity contribution in [2.45, 2.75) is 53.1 Å². The zero-order chi connectivity index (χ0) is 22.4. The van der Waals surface area contributed by atoms with Crippen molar-refractivity contribution in [3.8, 4) is 11.5 Å². The van der Waals surface area contributed by atoms with E-state index >= 15 is 0 Å². The quantitative estimate of drug-likeness (QED) is 0.485. The van der Waals surface area contributed by atoms with E-state index in [1.807, 2.05) is 70.2 Å². The van der Waals surface area contributed by atoms with Crippen molar-refractivity contribution in [3.63, 3.8) is 0 Å². The van der Waals surface area contributed by atoms with E-state index in [0.29, 0.717) is 6.61 Å². The molecule has 166 valence electrons. The molecular formula is C25H33N3O3. The number of aromatic nitrogens is 2. The van der Waals surface area contributed by atoms with Crippen LogP contribution in [-0.2, 0) is 11.3 Å². The molecule has 0 aliphatic rings. The molecule has 3 aromatic rings. The number of benzene rings is 2. The molecule has 1 atom stereocenters. The van der Waals surface area contributed by atoms with Crippen LogP contribution < -0.4 is 14.8 Å². The summed E-state index contributed by atoms with van der Waals surface area (Å²) in [5.74, 6) is 2.40. The Bertz CT molecular complexity index is 1020. The second kappa shape index (κ2) is 9.86. The summed E-state index contributed by atoms with van der Waals surface area (Å²) in [6, 6.07) is 15.6. The van der Waals surface area contributed by atoms with Crippen LogP contribution in [0.25, 0.3) is 11.0 Å². The van der Waals surface area contributed by atoms with Gasteiger partial charge in [0.05, 0.1) is 30.8 Å². The molecule has 0 aliphatic heterocycles. The summed E-state index contributed by atoms with van der Waals surface area (Å²) < 4.78 is 13.4. The lowest BCUT2D eigenvalue weighted by Gasteiger charge is -2.22. The summed E-state index contributed by atoms with van der Waals surface area (Å²) in [6.07, 6.45) is 1.83. The molecule has 0 bridgehead atoms. The van der Waals surface area contributed by atoms with Gasteiger partial charge in [-0.3, -0.25) is 4.79 Å². The maximum absolute atomic E-state index is 12.5. The summed E-state index contributed by atoms with van der Waals surface area (Å²) in [4.78, 5) is 17.3. The van der Waals surface area contributed by atoms with Crippen LogP contribution in [0.15, 0.2) is 48.5 Å². The van der Waals surface area contributed by atoms with Crippen LogP contribution in [0.3, 0.4) is 0 Å². The Hall–Kier alpha value is -3.02. The number of amides is 1. The average molecular weight is 424 g/mol. The number of fused-ring (bicyclic) bond motifs is 1. The molecule has 1 unspecified atom stereocenters. The van der Waals surface area contributed by atoms with Gasteiger partial charge in [-0.15, -0.1) is 0 Å². The third kappa shape index (κ3) is 5.57. The van der Waals surface area contributed by atoms with Crippen molar-refractivity contribution in [2.24, 2.45) is 5.41 Å². The summed E-state index contributed by atoms with van der Waals surface area (Å²) in [6.45, 7) is 9.16. The van der Waals surface area contributed by atoms with Gasteiger partial charge in [-0.25, -0.2) is 4.98 Å². The molecule has 0 saturated carbocycles. The molecule has 1 N–H and O–H groups in total. The molecule has 6 nitrogen and oxygen atoms in total. The van der Waals surface area contributed by atoms with Gasteiger partial charge in [-0.2, -0.15) is 0 Å². The minimum absolute atomic E-state index is 0.0174. The fraction of sp³-hybridized carbons (Fsp3) is 0.440. The van der Waals surface area contributed by atoms with E-state index in [1.54, 1.807) is 7.11 Å². The lowest BCUT2D eigenvalue weighted by atomic mass is 9.95. The van der Waals surface area contributed by atoms with Crippen LogP contribution in [0, 0.1) is 5.41 Å². The first kappa shape index (κ1) is 22.7. The summed E-state index contributed by atoms with van der Waals surface area (Å²) in [7, 11) is 1.65. The first-order chi connectivity index (χ1) is 14.8. The second-order valence-electron chi connectivity index (χ2n) is 8.76. The Morgan fingerprint density at radius 3 is 2.45 bits per heavy atom. The van der Waals surface area contributed by atoms with E-state index in [4.69, 9.17) is 14.5 Å². The molecule has 2 aromatic carbocycles. The molecule has 1 aromatic heterocycles. The van der Waals surface area contributed by atoms with Gasteiger partial charge in [-0.1, -0.05) is 45.0 Å². The monoisotopic (exact) mass is 423 g/mol. The zero-order valence-corrected chi connectivity index (χ0v) is 19.1. The molecule has 1 amide bonds. The lowest BCUT2D eigenvalue weighted by molar-refractivity contribution is -0.129. The number of ether oxygens (including phenoxy) is 2. The van der Waals surface area contributed by atoms with E-state index in [2.05, 4.69) is 16.0 Å². The number of nitrogens with zero attached hydrogens (tertiary/aromatic N) is 2. The fourth-order valence-corrected chi connectivity index (χ4v) is 3.43. The van der Waals surface area contributed by atoms with Crippen LogP contribution >= 0.6 is 0 Å². The van der Waals surface area contributed by atoms with Crippen molar-refractivity contribution in [2.75, 3.05) is 13.7 Å². The van der Waals surface area contributed by atoms with Crippen molar-refractivity contribution in [1.82, 2.24) is 14.9 Å². The highest BCUT2D eigenvalue weighted by molar-refractivity contribution is 5.82. The molecule has 1 heterocycles. The van der Waals surface area contributed by atoms with Gasteiger partial charge in [0.15, 0.2) is 11.5 Å². The van der Waals surface area contributed by atoms with Crippen molar-refractivity contribution in [3.05, 3.63) is 54.4 Å². The Kier molecular flexibility index (Phi) is 7.21. The van der Waals surface area contributed by atoms with Gasteiger partial charge in [0.1, 0.15) is 5.82 Å². The van der Waals surface area contributed by atoms with Crippen LogP contribution in [0.1, 0.15) is 52.4 Å². The Labute approximate surface area is 184 Å². The predicted octanol–water partition coefficient (Wildman–Crippen LogP) is 5.13. The summed E-state index contributed by atoms with van der Waals surface area (Å²) in [5.41, 5.74) is 1.58. The maximum Gasteiger partial charge on any atom is 0.225 e. The molecule has 0 spiro atoms. The van der Waals surface area contributed by atoms with Crippen LogP contribution in [0.2, 0.25) is 0 Å². The molecule has 31 heavy (non-hydrogen) atoms. The zero-order valence-electron chi connectivity index (χ0n) is 19.1. The average Bonchev–Trinajstić information content (AvgIpc) is 3.12. The number of imidazole rings is 1. The SMILES string of the molecule is COc1ccccc1OCCCCn1c(C(C)NC(=O)C(C)(C)C)nc2ccccc21. The summed E-state index contributed by atoms with van der Waals surface area (Å²) >= 11 is 0.